The van der Waals surface area contributed by atoms with E-state index in [1.54, 1.807) is 45.2 Å². The Morgan fingerprint density at radius 1 is 1.24 bits per heavy atom. The molecule has 1 amide bonds. The van der Waals surface area contributed by atoms with Gasteiger partial charge in [0.1, 0.15) is 5.75 Å². The molecule has 0 aromatic heterocycles. The highest BCUT2D eigenvalue weighted by atomic mass is 16.5. The van der Waals surface area contributed by atoms with E-state index in [0.29, 0.717) is 11.3 Å². The van der Waals surface area contributed by atoms with Crippen LogP contribution in [0, 0.1) is 5.92 Å². The molecule has 0 bridgehead atoms. The zero-order chi connectivity index (χ0) is 12.8. The lowest BCUT2D eigenvalue weighted by molar-refractivity contribution is -0.123. The summed E-state index contributed by atoms with van der Waals surface area (Å²) in [6, 6.07) is 6.81. The molecule has 4 heteroatoms. The first kappa shape index (κ1) is 13.2. The molecule has 0 aliphatic heterocycles. The number of hydrogen-bond donors (Lipinski definition) is 1. The summed E-state index contributed by atoms with van der Waals surface area (Å²) in [6.07, 6.45) is 0. The van der Waals surface area contributed by atoms with Crippen molar-refractivity contribution >= 4 is 11.7 Å². The van der Waals surface area contributed by atoms with Crippen molar-refractivity contribution in [3.63, 3.8) is 0 Å². The topological polar surface area (TPSA) is 55.4 Å². The second kappa shape index (κ2) is 6.03. The number of carbonyl (C=O) groups excluding carboxylic acids is 2. The van der Waals surface area contributed by atoms with Gasteiger partial charge in [0.05, 0.1) is 13.7 Å². The third-order valence-corrected chi connectivity index (χ3v) is 2.36. The number of ketones is 1. The Morgan fingerprint density at radius 3 is 2.29 bits per heavy atom. The van der Waals surface area contributed by atoms with Gasteiger partial charge in [-0.2, -0.15) is 0 Å². The molecule has 1 aromatic rings. The number of nitrogens with one attached hydrogen (secondary N) is 1. The molecule has 1 rings (SSSR count). The summed E-state index contributed by atoms with van der Waals surface area (Å²) in [5.74, 6) is 0.361. The van der Waals surface area contributed by atoms with E-state index in [9.17, 15) is 9.59 Å². The van der Waals surface area contributed by atoms with Gasteiger partial charge in [-0.3, -0.25) is 9.59 Å². The number of carbonyl (C=O) groups is 2. The molecule has 0 saturated carbocycles. The fourth-order valence-electron chi connectivity index (χ4n) is 1.25. The van der Waals surface area contributed by atoms with Gasteiger partial charge in [0.25, 0.3) is 0 Å². The van der Waals surface area contributed by atoms with Gasteiger partial charge < -0.3 is 10.1 Å². The van der Waals surface area contributed by atoms with Gasteiger partial charge in [0.2, 0.25) is 5.91 Å². The van der Waals surface area contributed by atoms with Gasteiger partial charge in [0.15, 0.2) is 5.78 Å². The Kier molecular flexibility index (Phi) is 4.69. The van der Waals surface area contributed by atoms with E-state index in [2.05, 4.69) is 5.32 Å². The zero-order valence-electron chi connectivity index (χ0n) is 10.3. The average Bonchev–Trinajstić information content (AvgIpc) is 2.35. The van der Waals surface area contributed by atoms with Crippen LogP contribution in [0.15, 0.2) is 24.3 Å². The monoisotopic (exact) mass is 235 g/mol. The van der Waals surface area contributed by atoms with Crippen LogP contribution in [-0.4, -0.2) is 25.3 Å². The van der Waals surface area contributed by atoms with E-state index in [1.165, 1.54) is 0 Å². The molecule has 0 atom stereocenters. The highest BCUT2D eigenvalue weighted by Crippen LogP contribution is 2.11. The SMILES string of the molecule is COc1ccc(C(=O)CNC(=O)C(C)C)cc1. The maximum absolute atomic E-state index is 11.7. The zero-order valence-corrected chi connectivity index (χ0v) is 10.3. The third-order valence-electron chi connectivity index (χ3n) is 2.36. The van der Waals surface area contributed by atoms with Crippen molar-refractivity contribution in [2.24, 2.45) is 5.92 Å². The highest BCUT2D eigenvalue weighted by Gasteiger charge is 2.10. The molecule has 0 unspecified atom stereocenters. The first-order valence-corrected chi connectivity index (χ1v) is 5.49. The largest absolute Gasteiger partial charge is 0.497 e. The second-order valence-corrected chi connectivity index (χ2v) is 4.02. The molecule has 0 aliphatic carbocycles. The summed E-state index contributed by atoms with van der Waals surface area (Å²) in [4.78, 5) is 23.0. The van der Waals surface area contributed by atoms with Gasteiger partial charge in [-0.05, 0) is 24.3 Å². The van der Waals surface area contributed by atoms with Crippen LogP contribution in [0.1, 0.15) is 24.2 Å². The van der Waals surface area contributed by atoms with Crippen LogP contribution in [0.3, 0.4) is 0 Å². The summed E-state index contributed by atoms with van der Waals surface area (Å²) in [7, 11) is 1.57. The summed E-state index contributed by atoms with van der Waals surface area (Å²) in [5.41, 5.74) is 0.565. The maximum Gasteiger partial charge on any atom is 0.222 e. The summed E-state index contributed by atoms with van der Waals surface area (Å²) < 4.78 is 5.00. The van der Waals surface area contributed by atoms with E-state index >= 15 is 0 Å². The van der Waals surface area contributed by atoms with Gasteiger partial charge in [-0.15, -0.1) is 0 Å². The first-order chi connectivity index (χ1) is 8.04. The molecule has 0 fully saturated rings. The van der Waals surface area contributed by atoms with E-state index in [-0.39, 0.29) is 24.2 Å². The molecule has 92 valence electrons. The van der Waals surface area contributed by atoms with Gasteiger partial charge in [-0.25, -0.2) is 0 Å². The molecule has 17 heavy (non-hydrogen) atoms. The molecule has 0 aliphatic rings. The Hall–Kier alpha value is -1.84. The molecule has 0 saturated heterocycles. The predicted molar refractivity (Wildman–Crippen MR) is 65.2 cm³/mol. The van der Waals surface area contributed by atoms with E-state index in [0.717, 1.165) is 0 Å². The van der Waals surface area contributed by atoms with E-state index in [1.807, 2.05) is 0 Å². The van der Waals surface area contributed by atoms with Crippen LogP contribution >= 0.6 is 0 Å². The lowest BCUT2D eigenvalue weighted by Gasteiger charge is -2.07. The van der Waals surface area contributed by atoms with E-state index < -0.39 is 0 Å². The molecule has 0 heterocycles. The number of methoxy groups -OCH3 is 1. The Balaban J connectivity index is 2.55. The first-order valence-electron chi connectivity index (χ1n) is 5.49. The van der Waals surface area contributed by atoms with Crippen LogP contribution in [0.2, 0.25) is 0 Å². The van der Waals surface area contributed by atoms with Gasteiger partial charge in [0, 0.05) is 11.5 Å². The van der Waals surface area contributed by atoms with Crippen molar-refractivity contribution in [1.29, 1.82) is 0 Å². The highest BCUT2D eigenvalue weighted by molar-refractivity contribution is 5.99. The molecular formula is C13H17NO3. The minimum absolute atomic E-state index is 0.0311. The summed E-state index contributed by atoms with van der Waals surface area (Å²) >= 11 is 0. The number of amides is 1. The van der Waals surface area contributed by atoms with Crippen LogP contribution in [0.4, 0.5) is 0 Å². The van der Waals surface area contributed by atoms with Crippen LogP contribution in [-0.2, 0) is 4.79 Å². The van der Waals surface area contributed by atoms with Crippen LogP contribution < -0.4 is 10.1 Å². The summed E-state index contributed by atoms with van der Waals surface area (Å²) in [6.45, 7) is 3.60. The van der Waals surface area contributed by atoms with Crippen molar-refractivity contribution in [1.82, 2.24) is 5.32 Å². The van der Waals surface area contributed by atoms with Crippen molar-refractivity contribution < 1.29 is 14.3 Å². The predicted octanol–water partition coefficient (Wildman–Crippen LogP) is 1.65. The quantitative estimate of drug-likeness (QED) is 0.789. The second-order valence-electron chi connectivity index (χ2n) is 4.02. The minimum Gasteiger partial charge on any atom is -0.497 e. The maximum atomic E-state index is 11.7. The lowest BCUT2D eigenvalue weighted by Crippen LogP contribution is -2.32. The molecular weight excluding hydrogens is 218 g/mol. The molecule has 4 nitrogen and oxygen atoms in total. The Morgan fingerprint density at radius 2 is 1.82 bits per heavy atom. The Bertz CT molecular complexity index is 396. The smallest absolute Gasteiger partial charge is 0.222 e. The average molecular weight is 235 g/mol. The normalized spacial score (nSPS) is 10.1. The van der Waals surface area contributed by atoms with Gasteiger partial charge >= 0.3 is 0 Å². The standard InChI is InChI=1S/C13H17NO3/c1-9(2)13(16)14-8-12(15)10-4-6-11(17-3)7-5-10/h4-7,9H,8H2,1-3H3,(H,14,16). The molecule has 1 aromatic carbocycles. The van der Waals surface area contributed by atoms with Crippen LogP contribution in [0.5, 0.6) is 5.75 Å². The van der Waals surface area contributed by atoms with E-state index in [4.69, 9.17) is 4.74 Å². The number of rotatable bonds is 5. The van der Waals surface area contributed by atoms with Crippen LogP contribution in [0.25, 0.3) is 0 Å². The molecule has 0 radical (unpaired) electrons. The minimum atomic E-state index is -0.119. The van der Waals surface area contributed by atoms with Gasteiger partial charge in [-0.1, -0.05) is 13.8 Å². The number of benzene rings is 1. The fraction of sp³-hybridized carbons (Fsp3) is 0.385. The summed E-state index contributed by atoms with van der Waals surface area (Å²) in [5, 5.41) is 2.59. The number of ether oxygens (including phenoxy) is 1. The lowest BCUT2D eigenvalue weighted by atomic mass is 10.1. The van der Waals surface area contributed by atoms with Crippen molar-refractivity contribution in [3.8, 4) is 5.75 Å². The Labute approximate surface area is 101 Å². The fourth-order valence-corrected chi connectivity index (χ4v) is 1.25. The van der Waals surface area contributed by atoms with Crippen molar-refractivity contribution in [2.75, 3.05) is 13.7 Å². The van der Waals surface area contributed by atoms with Crippen molar-refractivity contribution in [3.05, 3.63) is 29.8 Å². The number of hydrogen-bond acceptors (Lipinski definition) is 3. The third kappa shape index (κ3) is 3.90. The number of Topliss-reactive ketones (excluding diaryl/α,β-unsaturated/α-hetero) is 1. The van der Waals surface area contributed by atoms with Crippen molar-refractivity contribution in [2.45, 2.75) is 13.8 Å². The molecule has 1 N–H and O–H groups in total. The molecule has 0 spiro atoms.